The molecule has 142 valence electrons. The molecule has 2 heterocycles. The number of amides is 1. The molecule has 0 saturated carbocycles. The van der Waals surface area contributed by atoms with Crippen molar-refractivity contribution in [3.05, 3.63) is 68.2 Å². The second-order valence-electron chi connectivity index (χ2n) is 7.35. The van der Waals surface area contributed by atoms with Crippen molar-refractivity contribution in [2.24, 2.45) is 0 Å². The molecule has 0 unspecified atom stereocenters. The minimum absolute atomic E-state index is 0.0295. The molecule has 27 heavy (non-hydrogen) atoms. The number of halogens is 3. The molecule has 0 N–H and O–H groups in total. The van der Waals surface area contributed by atoms with Crippen molar-refractivity contribution >= 4 is 40.7 Å². The smallest absolute Gasteiger partial charge is 0.234 e. The van der Waals surface area contributed by atoms with Crippen LogP contribution in [0.1, 0.15) is 41.5 Å². The lowest BCUT2D eigenvalue weighted by Crippen LogP contribution is -2.45. The van der Waals surface area contributed by atoms with E-state index < -0.39 is 5.92 Å². The standard InChI is InChI=1S/C21H21Cl3N2O/c1-25-19(12-26-8-2-3-9-26)15-6-5-14(22)11-16(15)20(21(25)27)13-4-7-17(23)18(24)10-13/h4-7,10-11,19-20H,2-3,8-9,12H2,1H3/t19-,20-/m1/s1. The molecular weight excluding hydrogens is 403 g/mol. The van der Waals surface area contributed by atoms with Crippen molar-refractivity contribution in [2.75, 3.05) is 26.7 Å². The van der Waals surface area contributed by atoms with Crippen LogP contribution in [0.3, 0.4) is 0 Å². The van der Waals surface area contributed by atoms with Crippen LogP contribution in [-0.2, 0) is 4.79 Å². The SMILES string of the molecule is CN1C(=O)[C@H](c2ccc(Cl)c(Cl)c2)c2cc(Cl)ccc2[C@H]1CN1CCCC1. The van der Waals surface area contributed by atoms with E-state index in [0.29, 0.717) is 15.1 Å². The van der Waals surface area contributed by atoms with Crippen LogP contribution in [0.2, 0.25) is 15.1 Å². The third kappa shape index (κ3) is 3.58. The molecule has 2 aromatic rings. The van der Waals surface area contributed by atoms with Gasteiger partial charge >= 0.3 is 0 Å². The number of hydrogen-bond acceptors (Lipinski definition) is 2. The van der Waals surface area contributed by atoms with Crippen LogP contribution in [0.15, 0.2) is 36.4 Å². The van der Waals surface area contributed by atoms with Gasteiger partial charge in [-0.2, -0.15) is 0 Å². The summed E-state index contributed by atoms with van der Waals surface area (Å²) in [5.41, 5.74) is 2.96. The Morgan fingerprint density at radius 1 is 0.963 bits per heavy atom. The number of likely N-dealkylation sites (tertiary alicyclic amines) is 1. The zero-order valence-electron chi connectivity index (χ0n) is 15.1. The fourth-order valence-electron chi connectivity index (χ4n) is 4.24. The Kier molecular flexibility index (Phi) is 5.39. The van der Waals surface area contributed by atoms with Gasteiger partial charge in [-0.25, -0.2) is 0 Å². The molecule has 0 aromatic heterocycles. The zero-order chi connectivity index (χ0) is 19.1. The quantitative estimate of drug-likeness (QED) is 0.661. The van der Waals surface area contributed by atoms with Gasteiger partial charge < -0.3 is 9.80 Å². The molecule has 2 aliphatic rings. The predicted octanol–water partition coefficient (Wildman–Crippen LogP) is 5.39. The van der Waals surface area contributed by atoms with E-state index in [2.05, 4.69) is 11.0 Å². The van der Waals surface area contributed by atoms with E-state index in [1.807, 2.05) is 30.1 Å². The van der Waals surface area contributed by atoms with Crippen LogP contribution >= 0.6 is 34.8 Å². The molecule has 4 rings (SSSR count). The maximum absolute atomic E-state index is 13.4. The first-order valence-electron chi connectivity index (χ1n) is 9.19. The molecule has 0 bridgehead atoms. The third-order valence-electron chi connectivity index (χ3n) is 5.69. The highest BCUT2D eigenvalue weighted by Gasteiger charge is 2.39. The fourth-order valence-corrected chi connectivity index (χ4v) is 4.73. The van der Waals surface area contributed by atoms with E-state index in [-0.39, 0.29) is 11.9 Å². The lowest BCUT2D eigenvalue weighted by molar-refractivity contribution is -0.134. The lowest BCUT2D eigenvalue weighted by atomic mass is 9.80. The van der Waals surface area contributed by atoms with E-state index in [9.17, 15) is 4.79 Å². The lowest BCUT2D eigenvalue weighted by Gasteiger charge is -2.40. The minimum Gasteiger partial charge on any atom is -0.337 e. The number of carbonyl (C=O) groups excluding carboxylic acids is 1. The van der Waals surface area contributed by atoms with Gasteiger partial charge in [-0.15, -0.1) is 0 Å². The Balaban J connectivity index is 1.79. The number of carbonyl (C=O) groups is 1. The van der Waals surface area contributed by atoms with Crippen molar-refractivity contribution in [3.63, 3.8) is 0 Å². The first kappa shape index (κ1) is 19.1. The third-order valence-corrected chi connectivity index (χ3v) is 6.66. The van der Waals surface area contributed by atoms with Crippen LogP contribution in [-0.4, -0.2) is 42.4 Å². The Hall–Kier alpha value is -1.26. The summed E-state index contributed by atoms with van der Waals surface area (Å²) in [6.45, 7) is 3.04. The normalized spacial score (nSPS) is 23.0. The average molecular weight is 424 g/mol. The Bertz CT molecular complexity index is 880. The highest BCUT2D eigenvalue weighted by Crippen LogP contribution is 2.42. The van der Waals surface area contributed by atoms with E-state index in [4.69, 9.17) is 34.8 Å². The molecule has 1 amide bonds. The highest BCUT2D eigenvalue weighted by atomic mass is 35.5. The predicted molar refractivity (Wildman–Crippen MR) is 111 cm³/mol. The Morgan fingerprint density at radius 3 is 2.41 bits per heavy atom. The van der Waals surface area contributed by atoms with Gasteiger partial charge in [0, 0.05) is 18.6 Å². The van der Waals surface area contributed by atoms with E-state index >= 15 is 0 Å². The number of hydrogen-bond donors (Lipinski definition) is 0. The first-order chi connectivity index (χ1) is 13.0. The van der Waals surface area contributed by atoms with Crippen LogP contribution in [0.5, 0.6) is 0 Å². The molecule has 1 saturated heterocycles. The Morgan fingerprint density at radius 2 is 1.70 bits per heavy atom. The molecule has 6 heteroatoms. The van der Waals surface area contributed by atoms with Crippen molar-refractivity contribution in [3.8, 4) is 0 Å². The summed E-state index contributed by atoms with van der Waals surface area (Å²) in [7, 11) is 1.89. The van der Waals surface area contributed by atoms with Gasteiger partial charge in [-0.1, -0.05) is 46.9 Å². The summed E-state index contributed by atoms with van der Waals surface area (Å²) in [4.78, 5) is 17.7. The van der Waals surface area contributed by atoms with Gasteiger partial charge in [0.05, 0.1) is 22.0 Å². The van der Waals surface area contributed by atoms with Crippen LogP contribution in [0.4, 0.5) is 0 Å². The molecule has 2 aliphatic heterocycles. The number of fused-ring (bicyclic) bond motifs is 1. The van der Waals surface area contributed by atoms with Crippen LogP contribution in [0, 0.1) is 0 Å². The molecule has 2 atom stereocenters. The first-order valence-corrected chi connectivity index (χ1v) is 10.3. The molecular formula is C21H21Cl3N2O. The van der Waals surface area contributed by atoms with E-state index in [1.54, 1.807) is 12.1 Å². The van der Waals surface area contributed by atoms with Gasteiger partial charge in [0.25, 0.3) is 0 Å². The molecule has 1 fully saturated rings. The van der Waals surface area contributed by atoms with Crippen molar-refractivity contribution in [1.29, 1.82) is 0 Å². The topological polar surface area (TPSA) is 23.6 Å². The summed E-state index contributed by atoms with van der Waals surface area (Å²) in [6, 6.07) is 11.3. The largest absolute Gasteiger partial charge is 0.337 e. The molecule has 3 nitrogen and oxygen atoms in total. The van der Waals surface area contributed by atoms with Gasteiger partial charge in [-0.3, -0.25) is 4.79 Å². The maximum atomic E-state index is 13.4. The summed E-state index contributed by atoms with van der Waals surface area (Å²) >= 11 is 18.6. The van der Waals surface area contributed by atoms with Crippen LogP contribution in [0.25, 0.3) is 0 Å². The highest BCUT2D eigenvalue weighted by molar-refractivity contribution is 6.42. The van der Waals surface area contributed by atoms with Gasteiger partial charge in [0.2, 0.25) is 5.91 Å². The van der Waals surface area contributed by atoms with Gasteiger partial charge in [-0.05, 0) is 66.9 Å². The van der Waals surface area contributed by atoms with Gasteiger partial charge in [0.1, 0.15) is 0 Å². The second-order valence-corrected chi connectivity index (χ2v) is 8.60. The Labute approximate surface area is 174 Å². The van der Waals surface area contributed by atoms with Crippen molar-refractivity contribution in [1.82, 2.24) is 9.80 Å². The number of benzene rings is 2. The summed E-state index contributed by atoms with van der Waals surface area (Å²) in [6.07, 6.45) is 2.45. The molecule has 0 spiro atoms. The fraction of sp³-hybridized carbons (Fsp3) is 0.381. The zero-order valence-corrected chi connectivity index (χ0v) is 17.4. The second kappa shape index (κ2) is 7.63. The number of likely N-dealkylation sites (N-methyl/N-ethyl adjacent to an activating group) is 1. The average Bonchev–Trinajstić information content (AvgIpc) is 3.15. The number of rotatable bonds is 3. The van der Waals surface area contributed by atoms with E-state index in [0.717, 1.165) is 36.3 Å². The number of nitrogens with zero attached hydrogens (tertiary/aromatic N) is 2. The minimum atomic E-state index is -0.423. The molecule has 0 aliphatic carbocycles. The summed E-state index contributed by atoms with van der Waals surface area (Å²) in [5, 5.41) is 1.57. The summed E-state index contributed by atoms with van der Waals surface area (Å²) < 4.78 is 0. The van der Waals surface area contributed by atoms with Crippen LogP contribution < -0.4 is 0 Å². The van der Waals surface area contributed by atoms with Crippen molar-refractivity contribution < 1.29 is 4.79 Å². The van der Waals surface area contributed by atoms with Crippen molar-refractivity contribution in [2.45, 2.75) is 24.8 Å². The van der Waals surface area contributed by atoms with Gasteiger partial charge in [0.15, 0.2) is 0 Å². The molecule has 0 radical (unpaired) electrons. The summed E-state index contributed by atoms with van der Waals surface area (Å²) in [5.74, 6) is -0.361. The van der Waals surface area contributed by atoms with E-state index in [1.165, 1.54) is 12.8 Å². The monoisotopic (exact) mass is 422 g/mol. The molecule has 2 aromatic carbocycles. The maximum Gasteiger partial charge on any atom is 0.234 e.